The van der Waals surface area contributed by atoms with Gasteiger partial charge in [0.15, 0.2) is 0 Å². The van der Waals surface area contributed by atoms with Crippen LogP contribution in [0.15, 0.2) is 24.3 Å². The fourth-order valence-electron chi connectivity index (χ4n) is 2.76. The molecule has 19 heavy (non-hydrogen) atoms. The van der Waals surface area contributed by atoms with Crippen LogP contribution in [0.4, 0.5) is 0 Å². The molecule has 2 nitrogen and oxygen atoms in total. The number of hydrogen-bond donors (Lipinski definition) is 1. The molecular weight excluding hydrogens is 232 g/mol. The Morgan fingerprint density at radius 3 is 2.32 bits per heavy atom. The maximum Gasteiger partial charge on any atom is 0.0233 e. The Morgan fingerprint density at radius 1 is 1.05 bits per heavy atom. The molecule has 2 aliphatic carbocycles. The molecule has 104 valence electrons. The molecule has 1 N–H and O–H groups in total. The molecule has 0 aliphatic heterocycles. The Hall–Kier alpha value is -0.860. The molecular formula is C17H26N2. The van der Waals surface area contributed by atoms with Gasteiger partial charge in [-0.25, -0.2) is 0 Å². The number of hydrogen-bond acceptors (Lipinski definition) is 2. The van der Waals surface area contributed by atoms with Crippen molar-refractivity contribution in [2.75, 3.05) is 13.6 Å². The maximum absolute atomic E-state index is 3.57. The fraction of sp³-hybridized carbons (Fsp3) is 0.647. The lowest BCUT2D eigenvalue weighted by Crippen LogP contribution is -2.36. The van der Waals surface area contributed by atoms with Gasteiger partial charge in [0.1, 0.15) is 0 Å². The Labute approximate surface area is 117 Å². The van der Waals surface area contributed by atoms with Crippen LogP contribution in [-0.2, 0) is 13.0 Å². The zero-order chi connectivity index (χ0) is 13.1. The van der Waals surface area contributed by atoms with Crippen molar-refractivity contribution in [1.82, 2.24) is 10.2 Å². The van der Waals surface area contributed by atoms with E-state index in [-0.39, 0.29) is 0 Å². The summed E-state index contributed by atoms with van der Waals surface area (Å²) in [4.78, 5) is 2.51. The van der Waals surface area contributed by atoms with Crippen LogP contribution in [0.5, 0.6) is 0 Å². The molecule has 2 heteroatoms. The summed E-state index contributed by atoms with van der Waals surface area (Å²) in [5.41, 5.74) is 2.91. The molecule has 0 heterocycles. The van der Waals surface area contributed by atoms with Gasteiger partial charge >= 0.3 is 0 Å². The molecule has 2 saturated carbocycles. The highest BCUT2D eigenvalue weighted by atomic mass is 15.1. The third-order valence-electron chi connectivity index (χ3n) is 4.58. The number of benzene rings is 1. The first-order valence-electron chi connectivity index (χ1n) is 7.83. The molecule has 2 fully saturated rings. The van der Waals surface area contributed by atoms with Crippen LogP contribution in [0.1, 0.15) is 43.2 Å². The summed E-state index contributed by atoms with van der Waals surface area (Å²) in [6.07, 6.45) is 8.12. The van der Waals surface area contributed by atoms with Gasteiger partial charge in [-0.1, -0.05) is 30.7 Å². The second-order valence-corrected chi connectivity index (χ2v) is 6.29. The number of nitrogens with zero attached hydrogens (tertiary/aromatic N) is 1. The van der Waals surface area contributed by atoms with E-state index in [1.165, 1.54) is 43.2 Å². The average Bonchev–Trinajstić information content (AvgIpc) is 3.13. The Balaban J connectivity index is 1.44. The molecule has 0 amide bonds. The summed E-state index contributed by atoms with van der Waals surface area (Å²) in [5, 5.41) is 3.57. The normalized spacial score (nSPS) is 19.7. The predicted octanol–water partition coefficient (Wildman–Crippen LogP) is 2.97. The first kappa shape index (κ1) is 13.1. The van der Waals surface area contributed by atoms with E-state index < -0.39 is 0 Å². The average molecular weight is 258 g/mol. The molecule has 1 aromatic rings. The van der Waals surface area contributed by atoms with Gasteiger partial charge < -0.3 is 5.32 Å². The molecule has 3 rings (SSSR count). The lowest BCUT2D eigenvalue weighted by Gasteiger charge is -2.34. The topological polar surface area (TPSA) is 15.3 Å². The summed E-state index contributed by atoms with van der Waals surface area (Å²) >= 11 is 0. The van der Waals surface area contributed by atoms with E-state index >= 15 is 0 Å². The minimum atomic E-state index is 0.829. The van der Waals surface area contributed by atoms with E-state index in [9.17, 15) is 0 Å². The molecule has 0 saturated heterocycles. The van der Waals surface area contributed by atoms with Crippen LogP contribution < -0.4 is 5.32 Å². The van der Waals surface area contributed by atoms with Crippen LogP contribution in [0.2, 0.25) is 0 Å². The smallest absolute Gasteiger partial charge is 0.0233 e. The molecule has 0 bridgehead atoms. The molecule has 2 aliphatic rings. The quantitative estimate of drug-likeness (QED) is 0.809. The summed E-state index contributed by atoms with van der Waals surface area (Å²) in [6, 6.07) is 10.9. The summed E-state index contributed by atoms with van der Waals surface area (Å²) in [6.45, 7) is 2.23. The van der Waals surface area contributed by atoms with E-state index in [4.69, 9.17) is 0 Å². The van der Waals surface area contributed by atoms with Crippen molar-refractivity contribution in [1.29, 1.82) is 0 Å². The first-order valence-corrected chi connectivity index (χ1v) is 7.83. The van der Waals surface area contributed by atoms with E-state index in [0.717, 1.165) is 31.6 Å². The maximum atomic E-state index is 3.57. The second kappa shape index (κ2) is 6.06. The van der Waals surface area contributed by atoms with E-state index in [1.807, 2.05) is 0 Å². The number of nitrogens with one attached hydrogen (secondary N) is 1. The largest absolute Gasteiger partial charge is 0.314 e. The van der Waals surface area contributed by atoms with Crippen molar-refractivity contribution in [2.24, 2.45) is 0 Å². The van der Waals surface area contributed by atoms with Crippen LogP contribution in [0, 0.1) is 0 Å². The van der Waals surface area contributed by atoms with Gasteiger partial charge in [0.05, 0.1) is 0 Å². The molecule has 0 radical (unpaired) electrons. The lowest BCUT2D eigenvalue weighted by molar-refractivity contribution is 0.152. The molecule has 0 aromatic heterocycles. The summed E-state index contributed by atoms with van der Waals surface area (Å²) in [7, 11) is 2.26. The fourth-order valence-corrected chi connectivity index (χ4v) is 2.76. The van der Waals surface area contributed by atoms with Crippen molar-refractivity contribution >= 4 is 0 Å². The van der Waals surface area contributed by atoms with Crippen LogP contribution in [0.3, 0.4) is 0 Å². The van der Waals surface area contributed by atoms with E-state index in [0.29, 0.717) is 0 Å². The van der Waals surface area contributed by atoms with Crippen molar-refractivity contribution in [3.05, 3.63) is 35.4 Å². The zero-order valence-electron chi connectivity index (χ0n) is 12.1. The van der Waals surface area contributed by atoms with Gasteiger partial charge in [-0.15, -0.1) is 0 Å². The van der Waals surface area contributed by atoms with Crippen molar-refractivity contribution in [2.45, 2.75) is 57.2 Å². The van der Waals surface area contributed by atoms with Gasteiger partial charge in [-0.3, -0.25) is 4.90 Å². The van der Waals surface area contributed by atoms with Gasteiger partial charge in [-0.05, 0) is 56.8 Å². The van der Waals surface area contributed by atoms with Crippen LogP contribution in [-0.4, -0.2) is 30.6 Å². The predicted molar refractivity (Wildman–Crippen MR) is 80.3 cm³/mol. The zero-order valence-corrected chi connectivity index (χ0v) is 12.1. The minimum absolute atomic E-state index is 0.829. The molecule has 0 unspecified atom stereocenters. The third-order valence-corrected chi connectivity index (χ3v) is 4.58. The van der Waals surface area contributed by atoms with Crippen molar-refractivity contribution in [3.8, 4) is 0 Å². The summed E-state index contributed by atoms with van der Waals surface area (Å²) in [5.74, 6) is 0. The Bertz CT molecular complexity index is 390. The van der Waals surface area contributed by atoms with E-state index in [1.54, 1.807) is 0 Å². The highest BCUT2D eigenvalue weighted by Gasteiger charge is 2.21. The highest BCUT2D eigenvalue weighted by Crippen LogP contribution is 2.24. The Morgan fingerprint density at radius 2 is 1.74 bits per heavy atom. The minimum Gasteiger partial charge on any atom is -0.314 e. The van der Waals surface area contributed by atoms with E-state index in [2.05, 4.69) is 41.5 Å². The van der Waals surface area contributed by atoms with Gasteiger partial charge in [0.25, 0.3) is 0 Å². The van der Waals surface area contributed by atoms with Gasteiger partial charge in [0, 0.05) is 18.6 Å². The van der Waals surface area contributed by atoms with Crippen LogP contribution in [0.25, 0.3) is 0 Å². The second-order valence-electron chi connectivity index (χ2n) is 6.29. The SMILES string of the molecule is CN(Cc1ccc(CCNC2CC2)cc1)C1CCC1. The molecule has 1 aromatic carbocycles. The lowest BCUT2D eigenvalue weighted by atomic mass is 9.91. The summed E-state index contributed by atoms with van der Waals surface area (Å²) < 4.78 is 0. The van der Waals surface area contributed by atoms with Crippen molar-refractivity contribution in [3.63, 3.8) is 0 Å². The third kappa shape index (κ3) is 3.80. The van der Waals surface area contributed by atoms with Crippen molar-refractivity contribution < 1.29 is 0 Å². The monoisotopic (exact) mass is 258 g/mol. The first-order chi connectivity index (χ1) is 9.31. The standard InChI is InChI=1S/C17H26N2/c1-19(17-3-2-4-17)13-15-7-5-14(6-8-15)11-12-18-16-9-10-16/h5-8,16-18H,2-4,9-13H2,1H3. The molecule has 0 atom stereocenters. The molecule has 0 spiro atoms. The Kier molecular flexibility index (Phi) is 4.19. The number of rotatable bonds is 7. The van der Waals surface area contributed by atoms with Gasteiger partial charge in [0.2, 0.25) is 0 Å². The highest BCUT2D eigenvalue weighted by molar-refractivity contribution is 5.23. The van der Waals surface area contributed by atoms with Crippen LogP contribution >= 0.6 is 0 Å². The van der Waals surface area contributed by atoms with Gasteiger partial charge in [-0.2, -0.15) is 0 Å².